The van der Waals surface area contributed by atoms with Gasteiger partial charge in [0.05, 0.1) is 19.2 Å². The van der Waals surface area contributed by atoms with Crippen molar-refractivity contribution in [1.29, 1.82) is 0 Å². The van der Waals surface area contributed by atoms with Gasteiger partial charge >= 0.3 is 5.97 Å². The Balaban J connectivity index is 1.43. The topological polar surface area (TPSA) is 77.5 Å². The zero-order chi connectivity index (χ0) is 20.6. The van der Waals surface area contributed by atoms with E-state index in [0.29, 0.717) is 16.4 Å². The molecule has 3 rings (SSSR count). The summed E-state index contributed by atoms with van der Waals surface area (Å²) in [7, 11) is 1.62. The Morgan fingerprint density at radius 2 is 1.76 bits per heavy atom. The van der Waals surface area contributed by atoms with Gasteiger partial charge < -0.3 is 14.8 Å². The van der Waals surface area contributed by atoms with E-state index in [9.17, 15) is 9.59 Å². The molecule has 1 heterocycles. The largest absolute Gasteiger partial charge is 0.497 e. The number of carbonyl (C=O) groups is 2. The minimum Gasteiger partial charge on any atom is -0.497 e. The van der Waals surface area contributed by atoms with Crippen molar-refractivity contribution in [1.82, 2.24) is 4.98 Å². The van der Waals surface area contributed by atoms with E-state index < -0.39 is 5.97 Å². The van der Waals surface area contributed by atoms with E-state index in [2.05, 4.69) is 10.3 Å². The number of aryl methyl sites for hydroxylation is 1. The van der Waals surface area contributed by atoms with Crippen LogP contribution in [-0.4, -0.2) is 23.8 Å². The third-order valence-corrected chi connectivity index (χ3v) is 5.01. The van der Waals surface area contributed by atoms with Crippen LogP contribution in [-0.2, 0) is 16.1 Å². The molecule has 0 saturated heterocycles. The fourth-order valence-corrected chi connectivity index (χ4v) is 3.27. The molecule has 0 fully saturated rings. The molecule has 29 heavy (non-hydrogen) atoms. The van der Waals surface area contributed by atoms with Gasteiger partial charge in [-0.05, 0) is 31.2 Å². The van der Waals surface area contributed by atoms with Crippen molar-refractivity contribution in [2.45, 2.75) is 26.4 Å². The van der Waals surface area contributed by atoms with E-state index in [-0.39, 0.29) is 25.2 Å². The van der Waals surface area contributed by atoms with Crippen LogP contribution in [0.3, 0.4) is 0 Å². The Kier molecular flexibility index (Phi) is 6.97. The summed E-state index contributed by atoms with van der Waals surface area (Å²) in [6, 6.07) is 14.8. The predicted octanol–water partition coefficient (Wildman–Crippen LogP) is 4.91. The molecule has 2 aromatic carbocycles. The van der Waals surface area contributed by atoms with Gasteiger partial charge in [-0.25, -0.2) is 4.98 Å². The molecule has 1 aromatic heterocycles. The first-order valence-corrected chi connectivity index (χ1v) is 10.0. The number of carbonyl (C=O) groups excluding carboxylic acids is 2. The molecule has 0 spiro atoms. The highest BCUT2D eigenvalue weighted by atomic mass is 32.1. The first kappa shape index (κ1) is 20.5. The molecule has 0 amide bonds. The summed E-state index contributed by atoms with van der Waals surface area (Å²) in [5, 5.41) is 5.73. The zero-order valence-corrected chi connectivity index (χ0v) is 17.1. The van der Waals surface area contributed by atoms with Crippen molar-refractivity contribution in [3.05, 3.63) is 70.7 Å². The number of hydrogen-bond donors (Lipinski definition) is 1. The number of nitrogens with one attached hydrogen (secondary N) is 1. The van der Waals surface area contributed by atoms with Crippen molar-refractivity contribution >= 4 is 33.9 Å². The van der Waals surface area contributed by atoms with Gasteiger partial charge in [0.2, 0.25) is 0 Å². The molecule has 0 aliphatic rings. The van der Waals surface area contributed by atoms with Crippen LogP contribution in [0.25, 0.3) is 0 Å². The molecule has 0 unspecified atom stereocenters. The summed E-state index contributed by atoms with van der Waals surface area (Å²) in [6.45, 7) is 2.04. The van der Waals surface area contributed by atoms with Crippen LogP contribution in [0.1, 0.15) is 34.5 Å². The van der Waals surface area contributed by atoms with E-state index in [1.54, 1.807) is 19.2 Å². The van der Waals surface area contributed by atoms with Crippen molar-refractivity contribution in [3.8, 4) is 5.75 Å². The number of ether oxygens (including phenoxy) is 2. The van der Waals surface area contributed by atoms with E-state index in [1.165, 1.54) is 11.3 Å². The number of hydrogen-bond acceptors (Lipinski definition) is 7. The summed E-state index contributed by atoms with van der Waals surface area (Å²) in [6.07, 6.45) is 0.178. The van der Waals surface area contributed by atoms with Gasteiger partial charge in [-0.15, -0.1) is 11.3 Å². The predicted molar refractivity (Wildman–Crippen MR) is 113 cm³/mol. The average Bonchev–Trinajstić information content (AvgIpc) is 3.19. The monoisotopic (exact) mass is 410 g/mol. The van der Waals surface area contributed by atoms with E-state index in [1.807, 2.05) is 48.7 Å². The highest BCUT2D eigenvalue weighted by molar-refractivity contribution is 7.13. The lowest BCUT2D eigenvalue weighted by molar-refractivity contribution is -0.145. The molecule has 1 N–H and O–H groups in total. The van der Waals surface area contributed by atoms with Gasteiger partial charge in [0, 0.05) is 23.1 Å². The van der Waals surface area contributed by atoms with Crippen molar-refractivity contribution in [3.63, 3.8) is 0 Å². The molecular weight excluding hydrogens is 388 g/mol. The molecule has 0 bridgehead atoms. The quantitative estimate of drug-likeness (QED) is 0.399. The van der Waals surface area contributed by atoms with E-state index >= 15 is 0 Å². The molecule has 0 radical (unpaired) electrons. The zero-order valence-electron chi connectivity index (χ0n) is 16.3. The van der Waals surface area contributed by atoms with Gasteiger partial charge in [-0.1, -0.05) is 29.8 Å². The average molecular weight is 410 g/mol. The highest BCUT2D eigenvalue weighted by Crippen LogP contribution is 2.23. The number of aromatic nitrogens is 1. The third kappa shape index (κ3) is 6.15. The summed E-state index contributed by atoms with van der Waals surface area (Å²) < 4.78 is 10.4. The van der Waals surface area contributed by atoms with Crippen LogP contribution >= 0.6 is 11.3 Å². The minimum absolute atomic E-state index is 0.0494. The van der Waals surface area contributed by atoms with Crippen LogP contribution in [0, 0.1) is 6.92 Å². The molecule has 3 aromatic rings. The number of ketones is 1. The molecule has 0 aliphatic heterocycles. The third-order valence-electron chi connectivity index (χ3n) is 4.20. The number of rotatable bonds is 9. The highest BCUT2D eigenvalue weighted by Gasteiger charge is 2.11. The number of esters is 1. The second kappa shape index (κ2) is 9.84. The smallest absolute Gasteiger partial charge is 0.306 e. The maximum atomic E-state index is 12.1. The van der Waals surface area contributed by atoms with Crippen LogP contribution in [0.4, 0.5) is 10.8 Å². The second-order valence-electron chi connectivity index (χ2n) is 6.45. The Morgan fingerprint density at radius 3 is 2.45 bits per heavy atom. The standard InChI is InChI=1S/C22H22N2O4S/c1-15-3-5-16(6-4-15)20(25)11-12-21(26)28-13-18-14-29-22(24-18)23-17-7-9-19(27-2)10-8-17/h3-10,14H,11-13H2,1-2H3,(H,23,24). The number of benzene rings is 2. The van der Waals surface area contributed by atoms with Crippen LogP contribution < -0.4 is 10.1 Å². The van der Waals surface area contributed by atoms with E-state index in [0.717, 1.165) is 17.0 Å². The first-order valence-electron chi connectivity index (χ1n) is 9.14. The van der Waals surface area contributed by atoms with Crippen molar-refractivity contribution < 1.29 is 19.1 Å². The van der Waals surface area contributed by atoms with Gasteiger partial charge in [0.15, 0.2) is 10.9 Å². The maximum absolute atomic E-state index is 12.1. The van der Waals surface area contributed by atoms with Crippen LogP contribution in [0.2, 0.25) is 0 Å². The lowest BCUT2D eigenvalue weighted by atomic mass is 10.1. The number of methoxy groups -OCH3 is 1. The normalized spacial score (nSPS) is 10.4. The Bertz CT molecular complexity index is 965. The summed E-state index contributed by atoms with van der Waals surface area (Å²) in [4.78, 5) is 28.5. The Morgan fingerprint density at radius 1 is 1.03 bits per heavy atom. The van der Waals surface area contributed by atoms with Crippen molar-refractivity contribution in [2.75, 3.05) is 12.4 Å². The maximum Gasteiger partial charge on any atom is 0.306 e. The fourth-order valence-electron chi connectivity index (χ4n) is 2.55. The van der Waals surface area contributed by atoms with Gasteiger partial charge in [-0.3, -0.25) is 9.59 Å². The molecule has 0 aliphatic carbocycles. The van der Waals surface area contributed by atoms with E-state index in [4.69, 9.17) is 9.47 Å². The number of thiazole rings is 1. The lowest BCUT2D eigenvalue weighted by Crippen LogP contribution is -2.08. The number of nitrogens with zero attached hydrogens (tertiary/aromatic N) is 1. The summed E-state index contributed by atoms with van der Waals surface area (Å²) >= 11 is 1.42. The van der Waals surface area contributed by atoms with Gasteiger partial charge in [-0.2, -0.15) is 0 Å². The van der Waals surface area contributed by atoms with Crippen LogP contribution in [0.15, 0.2) is 53.9 Å². The second-order valence-corrected chi connectivity index (χ2v) is 7.31. The Labute approximate surface area is 173 Å². The van der Waals surface area contributed by atoms with Gasteiger partial charge in [0.1, 0.15) is 12.4 Å². The molecule has 6 nitrogen and oxygen atoms in total. The Hall–Kier alpha value is -3.19. The van der Waals surface area contributed by atoms with Crippen LogP contribution in [0.5, 0.6) is 5.75 Å². The number of Topliss-reactive ketones (excluding diaryl/α,β-unsaturated/α-hetero) is 1. The van der Waals surface area contributed by atoms with Gasteiger partial charge in [0.25, 0.3) is 0 Å². The SMILES string of the molecule is COc1ccc(Nc2nc(COC(=O)CCC(=O)c3ccc(C)cc3)cs2)cc1. The molecule has 7 heteroatoms. The lowest BCUT2D eigenvalue weighted by Gasteiger charge is -2.04. The molecule has 0 atom stereocenters. The fraction of sp³-hybridized carbons (Fsp3) is 0.227. The molecule has 150 valence electrons. The van der Waals surface area contributed by atoms with Crippen molar-refractivity contribution in [2.24, 2.45) is 0 Å². The molecular formula is C22H22N2O4S. The molecule has 0 saturated carbocycles. The number of anilines is 2. The summed E-state index contributed by atoms with van der Waals surface area (Å²) in [5.74, 6) is 0.299. The minimum atomic E-state index is -0.414. The summed E-state index contributed by atoms with van der Waals surface area (Å²) in [5.41, 5.74) is 3.24. The first-order chi connectivity index (χ1) is 14.0.